The van der Waals surface area contributed by atoms with Crippen molar-refractivity contribution >= 4 is 27.6 Å². The summed E-state index contributed by atoms with van der Waals surface area (Å²) in [5, 5.41) is 3.61. The normalized spacial score (nSPS) is 18.1. The molecule has 2 unspecified atom stereocenters. The maximum atomic E-state index is 14.0. The zero-order chi connectivity index (χ0) is 44.4. The van der Waals surface area contributed by atoms with E-state index >= 15 is 0 Å². The number of aryl methyl sites for hydroxylation is 1. The fourth-order valence-electron chi connectivity index (χ4n) is 5.51. The summed E-state index contributed by atoms with van der Waals surface area (Å²) in [5.41, 5.74) is 7.31. The van der Waals surface area contributed by atoms with Gasteiger partial charge in [-0.3, -0.25) is 32.7 Å². The number of aromatic amines is 1. The van der Waals surface area contributed by atoms with Crippen molar-refractivity contribution in [1.29, 1.82) is 0 Å². The number of hydrogen-bond acceptors (Lipinski definition) is 15. The Morgan fingerprint density at radius 3 is 2.08 bits per heavy atom. The lowest BCUT2D eigenvalue weighted by Gasteiger charge is -2.22. The number of azide groups is 1. The van der Waals surface area contributed by atoms with Gasteiger partial charge < -0.3 is 25.3 Å². The molecule has 0 amide bonds. The first-order valence-electron chi connectivity index (χ1n) is 18.2. The van der Waals surface area contributed by atoms with Gasteiger partial charge in [0.05, 0.1) is 43.1 Å². The second-order valence-corrected chi connectivity index (χ2v) is 16.5. The average Bonchev–Trinajstić information content (AvgIpc) is 3.62. The molecule has 20 nitrogen and oxygen atoms in total. The molecule has 1 aliphatic rings. The minimum Gasteiger partial charge on any atom is -0.427 e. The molecule has 25 heteroatoms. The first-order chi connectivity index (χ1) is 28.9. The summed E-state index contributed by atoms with van der Waals surface area (Å²) in [7, 11) is -10.5. The fourth-order valence-corrected chi connectivity index (χ4v) is 8.11. The molecule has 0 spiro atoms. The summed E-state index contributed by atoms with van der Waals surface area (Å²) in [6, 6.07) is 13.4. The van der Waals surface area contributed by atoms with Crippen LogP contribution in [0.3, 0.4) is 0 Å². The molecule has 2 heterocycles. The molecule has 334 valence electrons. The van der Waals surface area contributed by atoms with Crippen LogP contribution in [-0.2, 0) is 55.9 Å². The topological polar surface area (TPSA) is 292 Å². The van der Waals surface area contributed by atoms with Crippen molar-refractivity contribution in [1.82, 2.24) is 15.7 Å². The number of unbranched alkanes of at least 4 members (excludes halogenated alkanes) is 1. The van der Waals surface area contributed by atoms with E-state index in [2.05, 4.69) is 15.0 Å². The van der Waals surface area contributed by atoms with Crippen LogP contribution in [0.1, 0.15) is 71.4 Å². The largest absolute Gasteiger partial charge is 0.484 e. The molecule has 5 rings (SSSR count). The zero-order valence-corrected chi connectivity index (χ0v) is 34.8. The maximum absolute atomic E-state index is 14.0. The monoisotopic (exact) mass is 912 g/mol. The number of esters is 2. The van der Waals surface area contributed by atoms with Crippen molar-refractivity contribution in [2.45, 2.75) is 77.3 Å². The number of H-pyrrole nitrogens is 1. The number of carbonyl (C=O) groups is 2. The molecule has 0 saturated carbocycles. The summed E-state index contributed by atoms with van der Waals surface area (Å²) in [6.45, 7) is 1.46. The number of nitrogens with one attached hydrogen (secondary N) is 1. The molecule has 1 aliphatic heterocycles. The summed E-state index contributed by atoms with van der Waals surface area (Å²) in [5.74, 6) is -1.19. The smallest absolute Gasteiger partial charge is 0.427 e. The van der Waals surface area contributed by atoms with Gasteiger partial charge in [0.1, 0.15) is 17.7 Å². The molecule has 1 saturated heterocycles. The van der Waals surface area contributed by atoms with Gasteiger partial charge in [0, 0.05) is 29.5 Å². The molecule has 3 aromatic carbocycles. The van der Waals surface area contributed by atoms with Gasteiger partial charge in [0.2, 0.25) is 0 Å². The third kappa shape index (κ3) is 14.0. The van der Waals surface area contributed by atoms with E-state index in [-0.39, 0.29) is 47.2 Å². The van der Waals surface area contributed by atoms with E-state index in [0.717, 1.165) is 35.3 Å². The van der Waals surface area contributed by atoms with Crippen molar-refractivity contribution in [3.05, 3.63) is 138 Å². The van der Waals surface area contributed by atoms with Crippen molar-refractivity contribution in [2.24, 2.45) is 5.11 Å². The predicted molar refractivity (Wildman–Crippen MR) is 211 cm³/mol. The molecule has 0 aliphatic carbocycles. The Labute approximate surface area is 350 Å². The van der Waals surface area contributed by atoms with Gasteiger partial charge in [-0.05, 0) is 78.5 Å². The lowest BCUT2D eigenvalue weighted by atomic mass is 10.1. The van der Waals surface area contributed by atoms with Crippen LogP contribution >= 0.6 is 15.6 Å². The molecule has 1 aromatic heterocycles. The number of ether oxygens (including phenoxy) is 3. The Kier molecular flexibility index (Phi) is 17.1. The Morgan fingerprint density at radius 1 is 0.952 bits per heavy atom. The van der Waals surface area contributed by atoms with E-state index in [1.54, 1.807) is 0 Å². The van der Waals surface area contributed by atoms with Crippen molar-refractivity contribution in [3.63, 3.8) is 0 Å². The highest BCUT2D eigenvalue weighted by Gasteiger charge is 2.42. The first kappa shape index (κ1) is 49.2. The van der Waals surface area contributed by atoms with Gasteiger partial charge in [-0.1, -0.05) is 42.7 Å². The van der Waals surface area contributed by atoms with E-state index in [0.29, 0.717) is 12.0 Å². The second-order valence-electron chi connectivity index (χ2n) is 13.3. The number of halogens is 3. The number of carbonyl (C=O) groups excluding carboxylic acids is 2. The van der Waals surface area contributed by atoms with Gasteiger partial charge >= 0.3 is 39.5 Å². The van der Waals surface area contributed by atoms with Crippen LogP contribution < -0.4 is 26.9 Å². The van der Waals surface area contributed by atoms with Gasteiger partial charge in [0.15, 0.2) is 0 Å². The number of benzene rings is 3. The lowest BCUT2D eigenvalue weighted by Crippen LogP contribution is -2.33. The van der Waals surface area contributed by atoms with Crippen LogP contribution in [0.15, 0.2) is 93.7 Å². The molecule has 5 atom stereocenters. The lowest BCUT2D eigenvalue weighted by molar-refractivity contribution is -0.137. The van der Waals surface area contributed by atoms with Gasteiger partial charge in [-0.15, -0.1) is 0 Å². The van der Waals surface area contributed by atoms with E-state index in [4.69, 9.17) is 37.6 Å². The number of phosphoric acid groups is 2. The number of phosphoric ester groups is 2. The highest BCUT2D eigenvalue weighted by molar-refractivity contribution is 7.61. The van der Waals surface area contributed by atoms with Crippen molar-refractivity contribution < 1.29 is 68.9 Å². The number of rotatable bonds is 19. The standard InChI is InChI=1S/C37H38F3N5O14P2.H3N/c1-3-4-5-33(46)56-28-14-6-24(7-15-28)20-54-61(52,55-21-25-8-16-29(17-9-25)57-35(48)26-10-12-27(13-11-26)37(38,39)40)59-60(50,51)53-22-31-30(43-44-41)18-32(58-31)45-19-23(2)34(47)42-36(45)49;/h6-17,19,30-32H,3-5,18,20-22H2,1-2H3,(H,50,51)(H,42,47,49);1H3/t30-,31+,32+,61?;/m0./s1. The number of alkyl halides is 3. The van der Waals surface area contributed by atoms with Crippen LogP contribution in [0.5, 0.6) is 11.5 Å². The van der Waals surface area contributed by atoms with E-state index in [1.165, 1.54) is 61.7 Å². The molecule has 4 aromatic rings. The number of aromatic nitrogens is 2. The van der Waals surface area contributed by atoms with Gasteiger partial charge in [-0.2, -0.15) is 17.5 Å². The average molecular weight is 913 g/mol. The Balaban J connectivity index is 0.00000845. The number of hydrogen-bond donors (Lipinski definition) is 3. The van der Waals surface area contributed by atoms with Crippen LogP contribution in [0.2, 0.25) is 0 Å². The van der Waals surface area contributed by atoms with Crippen LogP contribution in [0, 0.1) is 6.92 Å². The first-order valence-corrected chi connectivity index (χ1v) is 21.2. The summed E-state index contributed by atoms with van der Waals surface area (Å²) in [6.07, 6.45) is -4.15. The summed E-state index contributed by atoms with van der Waals surface area (Å²) >= 11 is 0. The quantitative estimate of drug-likeness (QED) is 0.0201. The summed E-state index contributed by atoms with van der Waals surface area (Å²) in [4.78, 5) is 64.4. The van der Waals surface area contributed by atoms with Crippen LogP contribution in [0.4, 0.5) is 13.2 Å². The van der Waals surface area contributed by atoms with E-state index < -0.39 is 88.8 Å². The fraction of sp³-hybridized carbons (Fsp3) is 0.351. The SMILES string of the molecule is CCCCC(=O)Oc1ccc(COP(=O)(OCc2ccc(OC(=O)c3ccc(C(F)(F)F)cc3)cc2)OP(=O)(O)OC[C@H]2O[C@@H](n3cc(C)c(=O)[nH]c3=O)C[C@@H]2N=[N+]=[N-])cc1.N. The third-order valence-electron chi connectivity index (χ3n) is 8.72. The van der Waals surface area contributed by atoms with Crippen molar-refractivity contribution in [2.75, 3.05) is 6.61 Å². The Morgan fingerprint density at radius 2 is 1.53 bits per heavy atom. The van der Waals surface area contributed by atoms with Crippen molar-refractivity contribution in [3.8, 4) is 11.5 Å². The third-order valence-corrected chi connectivity index (χ3v) is 11.7. The predicted octanol–water partition coefficient (Wildman–Crippen LogP) is 7.98. The minimum atomic E-state index is -5.39. The molecule has 0 bridgehead atoms. The Hall–Kier alpha value is -5.44. The highest BCUT2D eigenvalue weighted by Crippen LogP contribution is 2.64. The highest BCUT2D eigenvalue weighted by atomic mass is 31.3. The summed E-state index contributed by atoms with van der Waals surface area (Å²) < 4.78 is 104. The molecular weight excluding hydrogens is 871 g/mol. The van der Waals surface area contributed by atoms with Gasteiger partial charge in [0.25, 0.3) is 5.56 Å². The minimum absolute atomic E-state index is 0. The van der Waals surface area contributed by atoms with Crippen LogP contribution in [0.25, 0.3) is 10.4 Å². The van der Waals surface area contributed by atoms with Crippen LogP contribution in [-0.4, -0.2) is 45.1 Å². The zero-order valence-electron chi connectivity index (χ0n) is 33.0. The second kappa shape index (κ2) is 21.6. The molecule has 1 fully saturated rings. The molecule has 62 heavy (non-hydrogen) atoms. The number of nitrogens with zero attached hydrogens (tertiary/aromatic N) is 4. The molecule has 0 radical (unpaired) electrons. The molecular formula is C37H41F3N6O14P2. The van der Waals surface area contributed by atoms with Gasteiger partial charge in [-0.25, -0.2) is 18.7 Å². The van der Waals surface area contributed by atoms with E-state index in [1.807, 2.05) is 6.92 Å². The van der Waals surface area contributed by atoms with E-state index in [9.17, 15) is 46.4 Å². The Bertz CT molecular complexity index is 2450. The maximum Gasteiger partial charge on any atom is 0.484 e. The molecule has 5 N–H and O–H groups in total.